The van der Waals surface area contributed by atoms with Crippen LogP contribution >= 0.6 is 0 Å². The van der Waals surface area contributed by atoms with Crippen LogP contribution in [-0.4, -0.2) is 44.7 Å². The van der Waals surface area contributed by atoms with E-state index in [1.165, 1.54) is 0 Å². The molecule has 3 unspecified atom stereocenters. The number of hydrogen-bond acceptors (Lipinski definition) is 4. The minimum absolute atomic E-state index is 0.131. The van der Waals surface area contributed by atoms with Crippen molar-refractivity contribution in [3.8, 4) is 0 Å². The highest BCUT2D eigenvalue weighted by atomic mass is 16.2. The van der Waals surface area contributed by atoms with Crippen LogP contribution < -0.4 is 5.73 Å². The van der Waals surface area contributed by atoms with Crippen LogP contribution in [-0.2, 0) is 11.8 Å². The van der Waals surface area contributed by atoms with Gasteiger partial charge in [-0.2, -0.15) is 0 Å². The van der Waals surface area contributed by atoms with Gasteiger partial charge in [0, 0.05) is 38.0 Å². The summed E-state index contributed by atoms with van der Waals surface area (Å²) in [5.41, 5.74) is 6.02. The van der Waals surface area contributed by atoms with Gasteiger partial charge in [-0.15, -0.1) is 10.2 Å². The van der Waals surface area contributed by atoms with E-state index in [0.29, 0.717) is 11.8 Å². The number of aryl methyl sites for hydroxylation is 1. The monoisotopic (exact) mass is 291 g/mol. The molecule has 1 amide bonds. The molecule has 1 saturated heterocycles. The van der Waals surface area contributed by atoms with Gasteiger partial charge in [-0.25, -0.2) is 0 Å². The zero-order chi connectivity index (χ0) is 14.8. The molecule has 1 aliphatic heterocycles. The lowest BCUT2D eigenvalue weighted by Gasteiger charge is -2.36. The summed E-state index contributed by atoms with van der Waals surface area (Å²) in [5, 5.41) is 8.17. The Labute approximate surface area is 125 Å². The maximum Gasteiger partial charge on any atom is 0.225 e. The molecule has 2 aliphatic rings. The lowest BCUT2D eigenvalue weighted by Crippen LogP contribution is -2.45. The first-order valence-corrected chi connectivity index (χ1v) is 8.03. The molecule has 116 valence electrons. The third-order valence-electron chi connectivity index (χ3n) is 4.91. The van der Waals surface area contributed by atoms with Crippen LogP contribution in [0.25, 0.3) is 0 Å². The number of piperidine rings is 1. The van der Waals surface area contributed by atoms with Crippen molar-refractivity contribution in [1.29, 1.82) is 0 Å². The molecule has 2 N–H and O–H groups in total. The van der Waals surface area contributed by atoms with Crippen LogP contribution in [0, 0.1) is 5.92 Å². The molecule has 6 nitrogen and oxygen atoms in total. The van der Waals surface area contributed by atoms with Gasteiger partial charge in [0.1, 0.15) is 12.2 Å². The number of hydrogen-bond donors (Lipinski definition) is 1. The fourth-order valence-electron chi connectivity index (χ4n) is 3.76. The fourth-order valence-corrected chi connectivity index (χ4v) is 3.76. The number of carbonyl (C=O) groups excluding carboxylic acids is 1. The maximum atomic E-state index is 12.7. The van der Waals surface area contributed by atoms with Gasteiger partial charge < -0.3 is 15.2 Å². The van der Waals surface area contributed by atoms with Crippen molar-refractivity contribution in [2.75, 3.05) is 13.1 Å². The summed E-state index contributed by atoms with van der Waals surface area (Å²) in [6.45, 7) is 1.65. The molecule has 0 bridgehead atoms. The summed E-state index contributed by atoms with van der Waals surface area (Å²) >= 11 is 0. The van der Waals surface area contributed by atoms with Crippen molar-refractivity contribution in [2.24, 2.45) is 18.7 Å². The van der Waals surface area contributed by atoms with E-state index in [9.17, 15) is 4.79 Å². The van der Waals surface area contributed by atoms with E-state index in [0.717, 1.165) is 57.4 Å². The Bertz CT molecular complexity index is 500. The molecule has 3 rings (SSSR count). The summed E-state index contributed by atoms with van der Waals surface area (Å²) < 4.78 is 1.97. The van der Waals surface area contributed by atoms with Gasteiger partial charge in [-0.1, -0.05) is 6.42 Å². The summed E-state index contributed by atoms with van der Waals surface area (Å²) in [6.07, 6.45) is 7.85. The van der Waals surface area contributed by atoms with E-state index in [-0.39, 0.29) is 12.0 Å². The molecule has 6 heteroatoms. The Morgan fingerprint density at radius 1 is 1.33 bits per heavy atom. The van der Waals surface area contributed by atoms with Crippen molar-refractivity contribution in [3.63, 3.8) is 0 Å². The molecule has 1 aliphatic carbocycles. The lowest BCUT2D eigenvalue weighted by molar-refractivity contribution is -0.138. The first kappa shape index (κ1) is 14.5. The average Bonchev–Trinajstić information content (AvgIpc) is 2.93. The zero-order valence-corrected chi connectivity index (χ0v) is 12.7. The summed E-state index contributed by atoms with van der Waals surface area (Å²) in [5.74, 6) is 1.74. The first-order valence-electron chi connectivity index (χ1n) is 8.03. The minimum atomic E-state index is 0.131. The Morgan fingerprint density at radius 2 is 2.19 bits per heavy atom. The minimum Gasteiger partial charge on any atom is -0.342 e. The van der Waals surface area contributed by atoms with E-state index in [4.69, 9.17) is 5.73 Å². The van der Waals surface area contributed by atoms with Crippen LogP contribution in [0.15, 0.2) is 6.33 Å². The second-order valence-corrected chi connectivity index (χ2v) is 6.55. The molecule has 0 radical (unpaired) electrons. The van der Waals surface area contributed by atoms with E-state index < -0.39 is 0 Å². The standard InChI is InChI=1S/C15H25N5O/c1-19-10-17-18-14(19)12-5-3-7-20(9-12)15(21)11-4-2-6-13(16)8-11/h10-13H,2-9,16H2,1H3. The Balaban J connectivity index is 1.65. The van der Waals surface area contributed by atoms with Crippen LogP contribution in [0.1, 0.15) is 50.3 Å². The van der Waals surface area contributed by atoms with E-state index in [1.807, 2.05) is 16.5 Å². The molecule has 3 atom stereocenters. The topological polar surface area (TPSA) is 77.0 Å². The average molecular weight is 291 g/mol. The number of rotatable bonds is 2. The largest absolute Gasteiger partial charge is 0.342 e. The van der Waals surface area contributed by atoms with E-state index in [2.05, 4.69) is 10.2 Å². The maximum absolute atomic E-state index is 12.7. The van der Waals surface area contributed by atoms with Gasteiger partial charge in [-0.05, 0) is 32.1 Å². The van der Waals surface area contributed by atoms with Crippen LogP contribution in [0.2, 0.25) is 0 Å². The van der Waals surface area contributed by atoms with E-state index >= 15 is 0 Å². The highest BCUT2D eigenvalue weighted by molar-refractivity contribution is 5.79. The second kappa shape index (κ2) is 6.13. The van der Waals surface area contributed by atoms with Crippen molar-refractivity contribution >= 4 is 5.91 Å². The molecule has 1 aromatic rings. The predicted octanol–water partition coefficient (Wildman–Crippen LogP) is 1.04. The molecule has 21 heavy (non-hydrogen) atoms. The zero-order valence-electron chi connectivity index (χ0n) is 12.7. The van der Waals surface area contributed by atoms with Crippen LogP contribution in [0.3, 0.4) is 0 Å². The molecule has 1 saturated carbocycles. The summed E-state index contributed by atoms with van der Waals surface area (Å²) in [4.78, 5) is 14.8. The van der Waals surface area contributed by atoms with Crippen molar-refractivity contribution < 1.29 is 4.79 Å². The van der Waals surface area contributed by atoms with Crippen molar-refractivity contribution in [2.45, 2.75) is 50.5 Å². The quantitative estimate of drug-likeness (QED) is 0.883. The molecule has 0 aromatic carbocycles. The first-order chi connectivity index (χ1) is 10.1. The third-order valence-corrected chi connectivity index (χ3v) is 4.91. The number of nitrogens with two attached hydrogens (primary N) is 1. The summed E-state index contributed by atoms with van der Waals surface area (Å²) in [6, 6.07) is 0.201. The molecular weight excluding hydrogens is 266 g/mol. The van der Waals surface area contributed by atoms with Gasteiger partial charge in [0.2, 0.25) is 5.91 Å². The lowest BCUT2D eigenvalue weighted by atomic mass is 9.84. The fraction of sp³-hybridized carbons (Fsp3) is 0.800. The van der Waals surface area contributed by atoms with Crippen LogP contribution in [0.4, 0.5) is 0 Å². The molecule has 2 fully saturated rings. The molecule has 1 aromatic heterocycles. The van der Waals surface area contributed by atoms with E-state index in [1.54, 1.807) is 6.33 Å². The SMILES string of the molecule is Cn1cnnc1C1CCCN(C(=O)C2CCCC(N)C2)C1. The number of carbonyl (C=O) groups is 1. The number of likely N-dealkylation sites (tertiary alicyclic amines) is 1. The normalized spacial score (nSPS) is 30.4. The van der Waals surface area contributed by atoms with Crippen molar-refractivity contribution in [3.05, 3.63) is 12.2 Å². The summed E-state index contributed by atoms with van der Waals surface area (Å²) in [7, 11) is 1.97. The van der Waals surface area contributed by atoms with Crippen molar-refractivity contribution in [1.82, 2.24) is 19.7 Å². The van der Waals surface area contributed by atoms with Crippen LogP contribution in [0.5, 0.6) is 0 Å². The Kier molecular flexibility index (Phi) is 4.24. The predicted molar refractivity (Wildman–Crippen MR) is 79.5 cm³/mol. The molecule has 0 spiro atoms. The molecular formula is C15H25N5O. The van der Waals surface area contributed by atoms with Gasteiger partial charge >= 0.3 is 0 Å². The Morgan fingerprint density at radius 3 is 2.90 bits per heavy atom. The number of amides is 1. The highest BCUT2D eigenvalue weighted by Gasteiger charge is 2.33. The molecule has 2 heterocycles. The second-order valence-electron chi connectivity index (χ2n) is 6.55. The third kappa shape index (κ3) is 3.10. The van der Waals surface area contributed by atoms with Gasteiger partial charge in [0.25, 0.3) is 0 Å². The smallest absolute Gasteiger partial charge is 0.225 e. The van der Waals surface area contributed by atoms with Gasteiger partial charge in [0.15, 0.2) is 0 Å². The van der Waals surface area contributed by atoms with Gasteiger partial charge in [-0.3, -0.25) is 4.79 Å². The highest BCUT2D eigenvalue weighted by Crippen LogP contribution is 2.29. The Hall–Kier alpha value is -1.43. The number of aromatic nitrogens is 3. The van der Waals surface area contributed by atoms with Gasteiger partial charge in [0.05, 0.1) is 0 Å². The number of nitrogens with zero attached hydrogens (tertiary/aromatic N) is 4.